The highest BCUT2D eigenvalue weighted by molar-refractivity contribution is 9.10. The van der Waals surface area contributed by atoms with Gasteiger partial charge in [0.15, 0.2) is 0 Å². The Balaban J connectivity index is 1.75. The van der Waals surface area contributed by atoms with Crippen LogP contribution in [0.15, 0.2) is 53.0 Å². The van der Waals surface area contributed by atoms with E-state index in [2.05, 4.69) is 30.8 Å². The van der Waals surface area contributed by atoms with Gasteiger partial charge in [-0.25, -0.2) is 8.42 Å². The summed E-state index contributed by atoms with van der Waals surface area (Å²) in [6, 6.07) is 14.3. The van der Waals surface area contributed by atoms with Crippen LogP contribution < -0.4 is 4.72 Å². The smallest absolute Gasteiger partial charge is 0.238 e. The molecule has 5 nitrogen and oxygen atoms in total. The molecule has 1 heterocycles. The molecule has 0 radical (unpaired) electrons. The number of hydrogen-bond acceptors (Lipinski definition) is 5. The Hall–Kier alpha value is -1.48. The zero-order valence-electron chi connectivity index (χ0n) is 12.1. The minimum Gasteiger partial charge on any atom is -0.257 e. The van der Waals surface area contributed by atoms with Crippen LogP contribution in [-0.2, 0) is 15.8 Å². The van der Waals surface area contributed by atoms with E-state index >= 15 is 0 Å². The zero-order valence-corrected chi connectivity index (χ0v) is 16.1. The number of halogens is 2. The Morgan fingerprint density at radius 3 is 2.58 bits per heavy atom. The summed E-state index contributed by atoms with van der Waals surface area (Å²) < 4.78 is 27.8. The molecule has 2 aromatic carbocycles. The van der Waals surface area contributed by atoms with Crippen molar-refractivity contribution in [2.75, 3.05) is 4.72 Å². The Morgan fingerprint density at radius 1 is 1.12 bits per heavy atom. The predicted molar refractivity (Wildman–Crippen MR) is 101 cm³/mol. The first kappa shape index (κ1) is 17.3. The maximum atomic E-state index is 12.3. The van der Waals surface area contributed by atoms with Crippen LogP contribution in [0.1, 0.15) is 5.56 Å². The first-order valence-electron chi connectivity index (χ1n) is 6.76. The average molecular weight is 445 g/mol. The van der Waals surface area contributed by atoms with Crippen molar-refractivity contribution in [1.82, 2.24) is 10.2 Å². The number of nitrogens with one attached hydrogen (secondary N) is 1. The highest BCUT2D eigenvalue weighted by Gasteiger charge is 2.15. The van der Waals surface area contributed by atoms with Crippen LogP contribution in [-0.4, -0.2) is 18.6 Å². The van der Waals surface area contributed by atoms with Crippen molar-refractivity contribution in [2.24, 2.45) is 0 Å². The topological polar surface area (TPSA) is 72.0 Å². The molecule has 0 atom stereocenters. The van der Waals surface area contributed by atoms with Gasteiger partial charge in [-0.1, -0.05) is 63.1 Å². The molecule has 1 N–H and O–H groups in total. The van der Waals surface area contributed by atoms with Gasteiger partial charge in [0.25, 0.3) is 0 Å². The summed E-state index contributed by atoms with van der Waals surface area (Å²) in [7, 11) is -3.56. The summed E-state index contributed by atoms with van der Waals surface area (Å²) in [5.74, 6) is -0.137. The van der Waals surface area contributed by atoms with Crippen LogP contribution >= 0.6 is 38.9 Å². The normalized spacial score (nSPS) is 11.4. The lowest BCUT2D eigenvalue weighted by atomic mass is 10.2. The molecular weight excluding hydrogens is 434 g/mol. The van der Waals surface area contributed by atoms with Crippen LogP contribution in [0, 0.1) is 0 Å². The van der Waals surface area contributed by atoms with Crippen LogP contribution in [0.3, 0.4) is 0 Å². The van der Waals surface area contributed by atoms with Crippen molar-refractivity contribution in [3.05, 3.63) is 63.6 Å². The van der Waals surface area contributed by atoms with E-state index in [1.165, 1.54) is 11.3 Å². The Bertz CT molecular complexity index is 959. The van der Waals surface area contributed by atoms with E-state index in [1.54, 1.807) is 30.3 Å². The first-order valence-corrected chi connectivity index (χ1v) is 10.4. The van der Waals surface area contributed by atoms with Crippen LogP contribution in [0.25, 0.3) is 10.6 Å². The second kappa shape index (κ2) is 7.18. The minimum absolute atomic E-state index is 0.137. The molecule has 0 aliphatic heterocycles. The summed E-state index contributed by atoms with van der Waals surface area (Å²) in [6.07, 6.45) is 0. The molecule has 0 saturated heterocycles. The van der Waals surface area contributed by atoms with E-state index in [4.69, 9.17) is 11.6 Å². The fourth-order valence-electron chi connectivity index (χ4n) is 1.99. The summed E-state index contributed by atoms with van der Waals surface area (Å²) in [4.78, 5) is 0. The molecule has 0 unspecified atom stereocenters. The number of nitrogens with zero attached hydrogens (tertiary/aromatic N) is 2. The van der Waals surface area contributed by atoms with Gasteiger partial charge in [-0.05, 0) is 29.8 Å². The molecule has 0 bridgehead atoms. The molecule has 0 fully saturated rings. The molecule has 24 heavy (non-hydrogen) atoms. The lowest BCUT2D eigenvalue weighted by molar-refractivity contribution is 0.600. The monoisotopic (exact) mass is 443 g/mol. The number of rotatable bonds is 5. The van der Waals surface area contributed by atoms with Crippen molar-refractivity contribution in [3.8, 4) is 10.6 Å². The molecule has 0 aliphatic rings. The fraction of sp³-hybridized carbons (Fsp3) is 0.0667. The van der Waals surface area contributed by atoms with E-state index in [9.17, 15) is 8.42 Å². The standard InChI is InChI=1S/C15H11BrClN3O2S2/c16-12-3-1-2-10(8-12)9-24(21,22)20-15-19-18-14(23-15)11-4-6-13(17)7-5-11/h1-8H,9H2,(H,19,20). The maximum Gasteiger partial charge on any atom is 0.238 e. The molecule has 9 heteroatoms. The summed E-state index contributed by atoms with van der Waals surface area (Å²) >= 11 is 10.3. The van der Waals surface area contributed by atoms with Gasteiger partial charge in [0, 0.05) is 15.1 Å². The van der Waals surface area contributed by atoms with Crippen molar-refractivity contribution in [1.29, 1.82) is 0 Å². The van der Waals surface area contributed by atoms with Crippen LogP contribution in [0.2, 0.25) is 5.02 Å². The van der Waals surface area contributed by atoms with Gasteiger partial charge in [0.2, 0.25) is 15.2 Å². The molecule has 3 aromatic rings. The number of hydrogen-bond donors (Lipinski definition) is 1. The van der Waals surface area contributed by atoms with Crippen LogP contribution in [0.4, 0.5) is 5.13 Å². The molecule has 1 aromatic heterocycles. The molecule has 0 spiro atoms. The molecular formula is C15H11BrClN3O2S2. The molecule has 0 aliphatic carbocycles. The number of anilines is 1. The first-order chi connectivity index (χ1) is 11.4. The predicted octanol–water partition coefficient (Wildman–Crippen LogP) is 4.56. The van der Waals surface area contributed by atoms with Crippen molar-refractivity contribution >= 4 is 54.0 Å². The average Bonchev–Trinajstić information content (AvgIpc) is 2.95. The molecule has 3 rings (SSSR count). The third-order valence-corrected chi connectivity index (χ3v) is 5.98. The summed E-state index contributed by atoms with van der Waals surface area (Å²) in [6.45, 7) is 0. The zero-order chi connectivity index (χ0) is 17.2. The van der Waals surface area contributed by atoms with Crippen LogP contribution in [0.5, 0.6) is 0 Å². The van der Waals surface area contributed by atoms with Crippen molar-refractivity contribution in [2.45, 2.75) is 5.75 Å². The van der Waals surface area contributed by atoms with E-state index in [0.29, 0.717) is 15.6 Å². The van der Waals surface area contributed by atoms with Crippen molar-refractivity contribution < 1.29 is 8.42 Å². The quantitative estimate of drug-likeness (QED) is 0.626. The van der Waals surface area contributed by atoms with E-state index < -0.39 is 10.0 Å². The Kier molecular flexibility index (Phi) is 5.19. The number of benzene rings is 2. The minimum atomic E-state index is -3.56. The highest BCUT2D eigenvalue weighted by atomic mass is 79.9. The lowest BCUT2D eigenvalue weighted by Crippen LogP contribution is -2.14. The van der Waals surface area contributed by atoms with Gasteiger partial charge in [-0.15, -0.1) is 10.2 Å². The summed E-state index contributed by atoms with van der Waals surface area (Å²) in [5, 5.41) is 9.38. The molecule has 0 saturated carbocycles. The number of aromatic nitrogens is 2. The van der Waals surface area contributed by atoms with Gasteiger partial charge in [-0.2, -0.15) is 0 Å². The van der Waals surface area contributed by atoms with Crippen molar-refractivity contribution in [3.63, 3.8) is 0 Å². The molecule has 124 valence electrons. The second-order valence-corrected chi connectivity index (χ2v) is 8.96. The Morgan fingerprint density at radius 2 is 1.88 bits per heavy atom. The van der Waals surface area contributed by atoms with Gasteiger partial charge >= 0.3 is 0 Å². The highest BCUT2D eigenvalue weighted by Crippen LogP contribution is 2.28. The third kappa shape index (κ3) is 4.54. The largest absolute Gasteiger partial charge is 0.257 e. The number of sulfonamides is 1. The summed E-state index contributed by atoms with van der Waals surface area (Å²) in [5.41, 5.74) is 1.51. The van der Waals surface area contributed by atoms with Gasteiger partial charge < -0.3 is 0 Å². The third-order valence-electron chi connectivity index (χ3n) is 3.00. The van der Waals surface area contributed by atoms with E-state index in [-0.39, 0.29) is 10.9 Å². The van der Waals surface area contributed by atoms with Gasteiger partial charge in [0.1, 0.15) is 5.01 Å². The van der Waals surface area contributed by atoms with Gasteiger partial charge in [-0.3, -0.25) is 4.72 Å². The lowest BCUT2D eigenvalue weighted by Gasteiger charge is -2.05. The second-order valence-electron chi connectivity index (χ2n) is 4.91. The van der Waals surface area contributed by atoms with Gasteiger partial charge in [0.05, 0.1) is 5.75 Å². The van der Waals surface area contributed by atoms with E-state index in [0.717, 1.165) is 10.0 Å². The SMILES string of the molecule is O=S(=O)(Cc1cccc(Br)c1)Nc1nnc(-c2ccc(Cl)cc2)s1. The Labute approximate surface area is 156 Å². The molecule has 0 amide bonds. The van der Waals surface area contributed by atoms with E-state index in [1.807, 2.05) is 18.2 Å². The fourth-order valence-corrected chi connectivity index (χ4v) is 4.71. The maximum absolute atomic E-state index is 12.3.